The quantitative estimate of drug-likeness (QED) is 0.690. The van der Waals surface area contributed by atoms with Gasteiger partial charge in [0.05, 0.1) is 22.1 Å². The highest BCUT2D eigenvalue weighted by atomic mass is 35.7. The number of benzene rings is 1. The second-order valence-electron chi connectivity index (χ2n) is 5.10. The molecule has 0 fully saturated rings. The van der Waals surface area contributed by atoms with Crippen molar-refractivity contribution in [3.8, 4) is 0 Å². The van der Waals surface area contributed by atoms with Gasteiger partial charge in [0.2, 0.25) is 4.34 Å². The van der Waals surface area contributed by atoms with E-state index in [9.17, 15) is 23.1 Å². The van der Waals surface area contributed by atoms with Gasteiger partial charge in [-0.05, 0) is 19.1 Å². The molecule has 0 spiro atoms. The molecule has 4 N–H and O–H groups in total. The van der Waals surface area contributed by atoms with Gasteiger partial charge in [0, 0.05) is 10.7 Å². The Kier molecular flexibility index (Phi) is 9.57. The number of nitrogens with zero attached hydrogens (tertiary/aromatic N) is 1. The number of quaternary nitrogens is 1. The molecule has 0 radical (unpaired) electrons. The topological polar surface area (TPSA) is 152 Å². The number of aromatic nitrogens is 1. The molecule has 0 aliphatic rings. The smallest absolute Gasteiger partial charge is 0.305 e. The molecule has 1 unspecified atom stereocenters. The lowest BCUT2D eigenvalue weighted by Gasteiger charge is -1.97. The fourth-order valence-corrected chi connectivity index (χ4v) is 2.91. The summed E-state index contributed by atoms with van der Waals surface area (Å²) >= 11 is 1.07. The highest BCUT2D eigenvalue weighted by Gasteiger charge is 2.15. The van der Waals surface area contributed by atoms with Gasteiger partial charge in [-0.2, -0.15) is 0 Å². The average Bonchev–Trinajstić information content (AvgIpc) is 2.92. The number of carboxylic acids is 2. The number of carboxylic acid groups (broad SMARTS) is 2. The summed E-state index contributed by atoms with van der Waals surface area (Å²) in [5.74, 6) is -2.07. The van der Waals surface area contributed by atoms with Crippen LogP contribution >= 0.6 is 22.0 Å². The highest BCUT2D eigenvalue weighted by Crippen LogP contribution is 2.26. The van der Waals surface area contributed by atoms with Crippen molar-refractivity contribution in [2.75, 3.05) is 0 Å². The minimum atomic E-state index is -3.69. The Hall–Kier alpha value is -1.75. The predicted molar refractivity (Wildman–Crippen MR) is 92.5 cm³/mol. The first-order chi connectivity index (χ1) is 11.4. The molecule has 1 atom stereocenters. The summed E-state index contributed by atoms with van der Waals surface area (Å²) in [5, 5.41) is 17.5. The lowest BCUT2D eigenvalue weighted by atomic mass is 10.2. The Labute approximate surface area is 153 Å². The van der Waals surface area contributed by atoms with Gasteiger partial charge in [-0.15, -0.1) is 11.3 Å². The maximum Gasteiger partial charge on any atom is 0.305 e. The van der Waals surface area contributed by atoms with Crippen LogP contribution in [0.4, 0.5) is 0 Å². The first-order valence-electron chi connectivity index (χ1n) is 6.93. The van der Waals surface area contributed by atoms with Crippen molar-refractivity contribution in [2.45, 2.75) is 31.2 Å². The third-order valence-corrected chi connectivity index (χ3v) is 5.34. The van der Waals surface area contributed by atoms with Crippen LogP contribution in [0.25, 0.3) is 10.2 Å². The van der Waals surface area contributed by atoms with Crippen LogP contribution in [0.1, 0.15) is 20.8 Å². The van der Waals surface area contributed by atoms with E-state index in [-0.39, 0.29) is 10.3 Å². The summed E-state index contributed by atoms with van der Waals surface area (Å²) in [5.41, 5.74) is 3.83. The zero-order chi connectivity index (χ0) is 19.8. The van der Waals surface area contributed by atoms with E-state index in [0.717, 1.165) is 16.0 Å². The first kappa shape index (κ1) is 23.2. The number of carbonyl (C=O) groups is 2. The van der Waals surface area contributed by atoms with E-state index in [4.69, 9.17) is 15.8 Å². The van der Waals surface area contributed by atoms with Crippen molar-refractivity contribution >= 4 is 53.2 Å². The molecule has 0 amide bonds. The fourth-order valence-electron chi connectivity index (χ4n) is 0.955. The maximum absolute atomic E-state index is 10.9. The Balaban J connectivity index is 0.000000406. The summed E-state index contributed by atoms with van der Waals surface area (Å²) < 4.78 is 22.6. The van der Waals surface area contributed by atoms with E-state index in [1.807, 2.05) is 6.07 Å². The van der Waals surface area contributed by atoms with Gasteiger partial charge in [0.1, 0.15) is 6.04 Å². The highest BCUT2D eigenvalue weighted by molar-refractivity contribution is 8.15. The molecule has 1 aromatic carbocycles. The molecule has 2 aromatic rings. The van der Waals surface area contributed by atoms with Crippen LogP contribution in [0.15, 0.2) is 28.6 Å². The summed E-state index contributed by atoms with van der Waals surface area (Å²) in [7, 11) is 1.47. The molecule has 25 heavy (non-hydrogen) atoms. The minimum Gasteiger partial charge on any atom is -0.544 e. The van der Waals surface area contributed by atoms with Crippen molar-refractivity contribution in [3.05, 3.63) is 24.3 Å². The molecular weight excluding hydrogens is 392 g/mol. The Morgan fingerprint density at radius 1 is 1.28 bits per heavy atom. The number of halogens is 1. The van der Waals surface area contributed by atoms with Crippen LogP contribution in [-0.2, 0) is 18.6 Å². The van der Waals surface area contributed by atoms with E-state index < -0.39 is 27.0 Å². The number of para-hydroxylation sites is 1. The minimum absolute atomic E-state index is 0.0460. The normalized spacial score (nSPS) is 11.8. The number of rotatable bonds is 3. The molecule has 0 aliphatic heterocycles. The van der Waals surface area contributed by atoms with Crippen molar-refractivity contribution < 1.29 is 34.0 Å². The van der Waals surface area contributed by atoms with Gasteiger partial charge in [0.15, 0.2) is 0 Å². The number of hydrogen-bond acceptors (Lipinski definition) is 7. The molecule has 0 saturated heterocycles. The summed E-state index contributed by atoms with van der Waals surface area (Å²) in [6, 6.07) is 6.58. The number of fused-ring (bicyclic) bond motifs is 1. The Morgan fingerprint density at radius 3 is 2.04 bits per heavy atom. The number of hydrogen-bond donors (Lipinski definition) is 2. The molecule has 0 aliphatic carbocycles. The standard InChI is InChI=1S/C7H4ClNO2S2.C4H8O2.C3H7NO2/c8-13(10,11)7-9-5-3-1-2-4-6(5)12-7;1-3(2)4(5)6;1-2(4)3(5)6/h1-4H;3H,1-2H3,(H,5,6);2H,4H2,1H3,(H,5,6). The zero-order valence-corrected chi connectivity index (χ0v) is 16.2. The van der Waals surface area contributed by atoms with Crippen molar-refractivity contribution in [3.63, 3.8) is 0 Å². The monoisotopic (exact) mass is 410 g/mol. The Bertz CT molecular complexity index is 767. The number of aliphatic carboxylic acids is 2. The summed E-state index contributed by atoms with van der Waals surface area (Å²) in [4.78, 5) is 23.1. The van der Waals surface area contributed by atoms with Crippen LogP contribution in [0.5, 0.6) is 0 Å². The van der Waals surface area contributed by atoms with Gasteiger partial charge >= 0.3 is 5.97 Å². The summed E-state index contributed by atoms with van der Waals surface area (Å²) in [6.07, 6.45) is 0. The van der Waals surface area contributed by atoms with E-state index in [0.29, 0.717) is 5.52 Å². The van der Waals surface area contributed by atoms with Crippen molar-refractivity contribution in [1.82, 2.24) is 4.98 Å². The summed E-state index contributed by atoms with van der Waals surface area (Å²) in [6.45, 7) is 4.75. The van der Waals surface area contributed by atoms with Crippen LogP contribution in [0.2, 0.25) is 0 Å². The van der Waals surface area contributed by atoms with Gasteiger partial charge in [-0.1, -0.05) is 26.0 Å². The number of thiazole rings is 1. The molecule has 1 aromatic heterocycles. The lowest BCUT2D eigenvalue weighted by Crippen LogP contribution is -2.66. The lowest BCUT2D eigenvalue weighted by molar-refractivity contribution is -0.432. The van der Waals surface area contributed by atoms with Gasteiger partial charge < -0.3 is 20.7 Å². The van der Waals surface area contributed by atoms with E-state index in [2.05, 4.69) is 10.7 Å². The van der Waals surface area contributed by atoms with Gasteiger partial charge in [-0.3, -0.25) is 4.79 Å². The molecule has 0 bridgehead atoms. The molecule has 0 saturated carbocycles. The van der Waals surface area contributed by atoms with Gasteiger partial charge in [-0.25, -0.2) is 13.4 Å². The predicted octanol–water partition coefficient (Wildman–Crippen LogP) is 0.318. The molecular formula is C14H19ClN2O6S2. The van der Waals surface area contributed by atoms with Crippen molar-refractivity contribution in [2.24, 2.45) is 5.92 Å². The SMILES string of the molecule is CC(C)C(=O)O.CC([NH3+])C(=O)[O-].O=S(=O)(Cl)c1nc2ccccc2s1. The van der Waals surface area contributed by atoms with Crippen molar-refractivity contribution in [1.29, 1.82) is 0 Å². The number of carbonyl (C=O) groups excluding carboxylic acids is 1. The third-order valence-electron chi connectivity index (χ3n) is 2.38. The maximum atomic E-state index is 10.9. The fraction of sp³-hybridized carbons (Fsp3) is 0.357. The molecule has 11 heteroatoms. The molecule has 1 heterocycles. The van der Waals surface area contributed by atoms with Crippen LogP contribution in [-0.4, -0.2) is 36.5 Å². The Morgan fingerprint density at radius 2 is 1.72 bits per heavy atom. The molecule has 8 nitrogen and oxygen atoms in total. The first-order valence-corrected chi connectivity index (χ1v) is 10.1. The zero-order valence-electron chi connectivity index (χ0n) is 13.8. The van der Waals surface area contributed by atoms with E-state index >= 15 is 0 Å². The van der Waals surface area contributed by atoms with Crippen LogP contribution in [0, 0.1) is 5.92 Å². The molecule has 140 valence electrons. The third kappa shape index (κ3) is 9.34. The van der Waals surface area contributed by atoms with Crippen LogP contribution < -0.4 is 10.8 Å². The average molecular weight is 411 g/mol. The van der Waals surface area contributed by atoms with E-state index in [1.54, 1.807) is 32.0 Å². The largest absolute Gasteiger partial charge is 0.544 e. The second kappa shape index (κ2) is 10.3. The molecule has 2 rings (SSSR count). The van der Waals surface area contributed by atoms with E-state index in [1.165, 1.54) is 6.92 Å². The second-order valence-corrected chi connectivity index (χ2v) is 8.87. The van der Waals surface area contributed by atoms with Crippen LogP contribution in [0.3, 0.4) is 0 Å². The van der Waals surface area contributed by atoms with Gasteiger partial charge in [0.25, 0.3) is 9.05 Å².